The van der Waals surface area contributed by atoms with Crippen LogP contribution in [0.3, 0.4) is 0 Å². The van der Waals surface area contributed by atoms with Gasteiger partial charge in [-0.05, 0) is 30.5 Å². The molecule has 0 bridgehead atoms. The van der Waals surface area contributed by atoms with E-state index < -0.39 is 5.60 Å². The molecule has 86 valence electrons. The summed E-state index contributed by atoms with van der Waals surface area (Å²) in [4.78, 5) is 11.4. The van der Waals surface area contributed by atoms with Crippen molar-refractivity contribution in [3.8, 4) is 0 Å². The highest BCUT2D eigenvalue weighted by atomic mass is 127. The number of esters is 1. The molecule has 1 aromatic rings. The Balaban J connectivity index is 2.37. The van der Waals surface area contributed by atoms with Gasteiger partial charge in [0.05, 0.1) is 0 Å². The lowest BCUT2D eigenvalue weighted by Gasteiger charge is -2.35. The van der Waals surface area contributed by atoms with Gasteiger partial charge in [-0.25, -0.2) is 0 Å². The summed E-state index contributed by atoms with van der Waals surface area (Å²) in [7, 11) is 0. The first-order valence-corrected chi connectivity index (χ1v) is 7.10. The third kappa shape index (κ3) is 2.35. The predicted octanol–water partition coefficient (Wildman–Crippen LogP) is 3.70. The first-order valence-electron chi connectivity index (χ1n) is 5.20. The summed E-state index contributed by atoms with van der Waals surface area (Å²) in [5.74, 6) is -0.108. The van der Waals surface area contributed by atoms with E-state index in [4.69, 9.17) is 16.3 Å². The number of rotatable bonds is 2. The molecule has 0 N–H and O–H groups in total. The maximum absolute atomic E-state index is 11.4. The van der Waals surface area contributed by atoms with Gasteiger partial charge >= 0.3 is 5.97 Å². The summed E-state index contributed by atoms with van der Waals surface area (Å²) < 4.78 is 6.32. The zero-order chi connectivity index (χ0) is 11.6. The minimum atomic E-state index is -0.471. The van der Waals surface area contributed by atoms with E-state index in [1.807, 2.05) is 24.3 Å². The lowest BCUT2D eigenvalue weighted by molar-refractivity contribution is -0.165. The van der Waals surface area contributed by atoms with E-state index >= 15 is 0 Å². The number of cyclic esters (lactones) is 1. The van der Waals surface area contributed by atoms with Crippen molar-refractivity contribution >= 4 is 40.2 Å². The number of halogens is 2. The van der Waals surface area contributed by atoms with E-state index in [2.05, 4.69) is 22.6 Å². The Morgan fingerprint density at radius 1 is 1.50 bits per heavy atom. The predicted molar refractivity (Wildman–Crippen MR) is 72.0 cm³/mol. The first-order chi connectivity index (χ1) is 7.66. The van der Waals surface area contributed by atoms with Crippen LogP contribution < -0.4 is 0 Å². The van der Waals surface area contributed by atoms with E-state index in [0.717, 1.165) is 22.8 Å². The van der Waals surface area contributed by atoms with Crippen LogP contribution in [0.25, 0.3) is 0 Å². The van der Waals surface area contributed by atoms with Crippen LogP contribution >= 0.6 is 34.2 Å². The molecule has 0 radical (unpaired) electrons. The van der Waals surface area contributed by atoms with Gasteiger partial charge in [0.1, 0.15) is 5.60 Å². The fourth-order valence-corrected chi connectivity index (χ4v) is 3.15. The monoisotopic (exact) mass is 350 g/mol. The molecule has 0 saturated carbocycles. The van der Waals surface area contributed by atoms with Crippen molar-refractivity contribution in [1.29, 1.82) is 0 Å². The Labute approximate surface area is 113 Å². The number of hydrogen-bond donors (Lipinski definition) is 0. The molecule has 1 fully saturated rings. The van der Waals surface area contributed by atoms with E-state index in [1.54, 1.807) is 0 Å². The lowest BCUT2D eigenvalue weighted by atomic mass is 9.88. The quantitative estimate of drug-likeness (QED) is 0.462. The van der Waals surface area contributed by atoms with Crippen LogP contribution in [-0.2, 0) is 15.1 Å². The summed E-state index contributed by atoms with van der Waals surface area (Å²) in [6.45, 7) is 0. The number of carbonyl (C=O) groups is 1. The molecule has 4 heteroatoms. The second-order valence-corrected chi connectivity index (χ2v) is 5.17. The van der Waals surface area contributed by atoms with Gasteiger partial charge in [-0.1, -0.05) is 46.3 Å². The van der Waals surface area contributed by atoms with Crippen molar-refractivity contribution in [3.63, 3.8) is 0 Å². The molecule has 0 amide bonds. The molecular formula is C12H12ClIO2. The third-order valence-corrected chi connectivity index (χ3v) is 4.30. The van der Waals surface area contributed by atoms with E-state index in [9.17, 15) is 4.79 Å². The fraction of sp³-hybridized carbons (Fsp3) is 0.417. The molecule has 0 unspecified atom stereocenters. The number of benzene rings is 1. The smallest absolute Gasteiger partial charge is 0.306 e. The average Bonchev–Trinajstić information content (AvgIpc) is 2.29. The zero-order valence-corrected chi connectivity index (χ0v) is 11.6. The zero-order valence-electron chi connectivity index (χ0n) is 8.71. The Morgan fingerprint density at radius 2 is 2.31 bits per heavy atom. The molecule has 1 aliphatic heterocycles. The molecule has 0 spiro atoms. The summed E-state index contributed by atoms with van der Waals surface area (Å²) >= 11 is 8.24. The Morgan fingerprint density at radius 3 is 2.94 bits per heavy atom. The Hall–Kier alpha value is -0.290. The number of hydrogen-bond acceptors (Lipinski definition) is 2. The van der Waals surface area contributed by atoms with Gasteiger partial charge in [0.2, 0.25) is 0 Å². The van der Waals surface area contributed by atoms with Gasteiger partial charge < -0.3 is 4.74 Å². The van der Waals surface area contributed by atoms with Crippen LogP contribution in [0.15, 0.2) is 24.3 Å². The average molecular weight is 351 g/mol. The number of carbonyl (C=O) groups excluding carboxylic acids is 1. The largest absolute Gasteiger partial charge is 0.453 e. The highest BCUT2D eigenvalue weighted by molar-refractivity contribution is 14.1. The number of ether oxygens (including phenoxy) is 1. The summed E-state index contributed by atoms with van der Waals surface area (Å²) in [6, 6.07) is 7.59. The van der Waals surface area contributed by atoms with Crippen molar-refractivity contribution in [2.75, 3.05) is 4.43 Å². The van der Waals surface area contributed by atoms with E-state index in [1.165, 1.54) is 0 Å². The minimum Gasteiger partial charge on any atom is -0.453 e. The highest BCUT2D eigenvalue weighted by Gasteiger charge is 2.38. The minimum absolute atomic E-state index is 0.108. The van der Waals surface area contributed by atoms with Gasteiger partial charge in [-0.15, -0.1) is 0 Å². The first kappa shape index (κ1) is 12.2. The summed E-state index contributed by atoms with van der Waals surface area (Å²) in [5, 5.41) is 0.684. The highest BCUT2D eigenvalue weighted by Crippen LogP contribution is 2.38. The standard InChI is InChI=1S/C12H12ClIO2/c13-10-4-1-3-9(7-10)12(8-14)6-2-5-11(15)16-12/h1,3-4,7H,2,5-6,8H2/t12-/m0/s1. The molecule has 1 aromatic carbocycles. The second kappa shape index (κ2) is 4.92. The maximum Gasteiger partial charge on any atom is 0.306 e. The number of alkyl halides is 1. The van der Waals surface area contributed by atoms with E-state index in [0.29, 0.717) is 11.4 Å². The van der Waals surface area contributed by atoms with Crippen LogP contribution in [-0.4, -0.2) is 10.4 Å². The van der Waals surface area contributed by atoms with Crippen molar-refractivity contribution in [2.24, 2.45) is 0 Å². The van der Waals surface area contributed by atoms with Crippen molar-refractivity contribution < 1.29 is 9.53 Å². The lowest BCUT2D eigenvalue weighted by Crippen LogP contribution is -2.37. The summed E-state index contributed by atoms with van der Waals surface area (Å²) in [5.41, 5.74) is 0.531. The second-order valence-electron chi connectivity index (χ2n) is 3.97. The molecule has 1 saturated heterocycles. The van der Waals surface area contributed by atoms with Crippen LogP contribution in [0.5, 0.6) is 0 Å². The molecule has 0 aromatic heterocycles. The molecule has 2 nitrogen and oxygen atoms in total. The topological polar surface area (TPSA) is 26.3 Å². The SMILES string of the molecule is O=C1CCC[C@](CI)(c2cccc(Cl)c2)O1. The van der Waals surface area contributed by atoms with Crippen LogP contribution in [0, 0.1) is 0 Å². The van der Waals surface area contributed by atoms with Crippen molar-refractivity contribution in [2.45, 2.75) is 24.9 Å². The van der Waals surface area contributed by atoms with Gasteiger partial charge in [0.25, 0.3) is 0 Å². The summed E-state index contributed by atoms with van der Waals surface area (Å²) in [6.07, 6.45) is 2.29. The molecule has 1 atom stereocenters. The van der Waals surface area contributed by atoms with Gasteiger partial charge in [-0.2, -0.15) is 0 Å². The maximum atomic E-state index is 11.4. The van der Waals surface area contributed by atoms with Crippen LogP contribution in [0.1, 0.15) is 24.8 Å². The Bertz CT molecular complexity index is 408. The molecule has 1 aliphatic rings. The third-order valence-electron chi connectivity index (χ3n) is 2.84. The molecule has 16 heavy (non-hydrogen) atoms. The van der Waals surface area contributed by atoms with Gasteiger partial charge in [0.15, 0.2) is 0 Å². The molecule has 1 heterocycles. The van der Waals surface area contributed by atoms with Crippen molar-refractivity contribution in [1.82, 2.24) is 0 Å². The van der Waals surface area contributed by atoms with E-state index in [-0.39, 0.29) is 5.97 Å². The fourth-order valence-electron chi connectivity index (χ4n) is 1.98. The molecule has 2 rings (SSSR count). The van der Waals surface area contributed by atoms with Crippen molar-refractivity contribution in [3.05, 3.63) is 34.9 Å². The van der Waals surface area contributed by atoms with Gasteiger partial charge in [0, 0.05) is 15.9 Å². The Kier molecular flexibility index (Phi) is 3.74. The van der Waals surface area contributed by atoms with Crippen LogP contribution in [0.4, 0.5) is 0 Å². The van der Waals surface area contributed by atoms with Crippen LogP contribution in [0.2, 0.25) is 5.02 Å². The molecule has 0 aliphatic carbocycles. The molecular weight excluding hydrogens is 338 g/mol. The normalized spacial score (nSPS) is 25.2. The van der Waals surface area contributed by atoms with Gasteiger partial charge in [-0.3, -0.25) is 4.79 Å².